The van der Waals surface area contributed by atoms with E-state index in [1.165, 1.54) is 6.07 Å². The zero-order valence-electron chi connectivity index (χ0n) is 13.6. The maximum Gasteiger partial charge on any atom is 0.411 e. The van der Waals surface area contributed by atoms with E-state index in [2.05, 4.69) is 22.0 Å². The first-order chi connectivity index (χ1) is 10.7. The zero-order chi connectivity index (χ0) is 16.8. The van der Waals surface area contributed by atoms with Gasteiger partial charge in [0, 0.05) is 10.5 Å². The zero-order valence-corrected chi connectivity index (χ0v) is 15.2. The Kier molecular flexibility index (Phi) is 4.25. The first-order valence-electron chi connectivity index (χ1n) is 7.91. The molecule has 23 heavy (non-hydrogen) atoms. The summed E-state index contributed by atoms with van der Waals surface area (Å²) < 4.78 is 19.9. The number of benzene rings is 1. The molecule has 1 amide bonds. The van der Waals surface area contributed by atoms with Crippen molar-refractivity contribution in [1.82, 2.24) is 4.90 Å². The molecule has 2 unspecified atom stereocenters. The van der Waals surface area contributed by atoms with Crippen LogP contribution >= 0.6 is 15.9 Å². The van der Waals surface area contributed by atoms with Crippen LogP contribution in [0.4, 0.5) is 9.18 Å². The van der Waals surface area contributed by atoms with E-state index < -0.39 is 5.60 Å². The van der Waals surface area contributed by atoms with Gasteiger partial charge in [-0.25, -0.2) is 9.18 Å². The summed E-state index contributed by atoms with van der Waals surface area (Å²) in [6.07, 6.45) is 4.48. The predicted molar refractivity (Wildman–Crippen MR) is 91.6 cm³/mol. The molecule has 3 nitrogen and oxygen atoms in total. The lowest BCUT2D eigenvalue weighted by atomic mass is 9.95. The molecule has 0 aliphatic carbocycles. The van der Waals surface area contributed by atoms with Crippen LogP contribution in [0.3, 0.4) is 0 Å². The minimum atomic E-state index is -0.492. The topological polar surface area (TPSA) is 29.5 Å². The highest BCUT2D eigenvalue weighted by Crippen LogP contribution is 2.39. The van der Waals surface area contributed by atoms with Crippen molar-refractivity contribution in [3.05, 3.63) is 40.1 Å². The summed E-state index contributed by atoms with van der Waals surface area (Å²) in [5, 5.41) is 0. The Morgan fingerprint density at radius 3 is 2.65 bits per heavy atom. The Bertz CT molecular complexity index is 645. The van der Waals surface area contributed by atoms with Crippen LogP contribution in [0.25, 0.3) is 5.57 Å². The average molecular weight is 382 g/mol. The molecule has 1 fully saturated rings. The number of carbonyl (C=O) groups excluding carboxylic acids is 1. The van der Waals surface area contributed by atoms with Crippen molar-refractivity contribution in [1.29, 1.82) is 0 Å². The lowest BCUT2D eigenvalue weighted by molar-refractivity contribution is 0.0175. The van der Waals surface area contributed by atoms with Crippen LogP contribution in [0.2, 0.25) is 0 Å². The summed E-state index contributed by atoms with van der Waals surface area (Å²) in [5.74, 6) is -0.253. The number of nitrogens with zero attached hydrogens (tertiary/aromatic N) is 1. The van der Waals surface area contributed by atoms with E-state index in [-0.39, 0.29) is 24.0 Å². The number of fused-ring (bicyclic) bond motifs is 2. The third-order valence-corrected chi connectivity index (χ3v) is 4.69. The maximum atomic E-state index is 13.6. The van der Waals surface area contributed by atoms with Gasteiger partial charge in [0.2, 0.25) is 0 Å². The first-order valence-corrected chi connectivity index (χ1v) is 8.71. The predicted octanol–water partition coefficient (Wildman–Crippen LogP) is 5.14. The van der Waals surface area contributed by atoms with Crippen LogP contribution in [-0.2, 0) is 4.74 Å². The molecular formula is C18H21BrFNO2. The van der Waals surface area contributed by atoms with E-state index in [1.807, 2.05) is 31.7 Å². The fourth-order valence-corrected chi connectivity index (χ4v) is 3.85. The average Bonchev–Trinajstić information content (AvgIpc) is 2.66. The molecule has 0 saturated carbocycles. The van der Waals surface area contributed by atoms with E-state index in [9.17, 15) is 9.18 Å². The van der Waals surface area contributed by atoms with Crippen LogP contribution in [0, 0.1) is 5.82 Å². The molecule has 124 valence electrons. The molecule has 0 spiro atoms. The number of ether oxygens (including phenoxy) is 1. The Morgan fingerprint density at radius 1 is 1.30 bits per heavy atom. The van der Waals surface area contributed by atoms with Gasteiger partial charge in [-0.2, -0.15) is 0 Å². The van der Waals surface area contributed by atoms with Crippen LogP contribution in [-0.4, -0.2) is 28.7 Å². The summed E-state index contributed by atoms with van der Waals surface area (Å²) in [6.45, 7) is 5.63. The molecule has 0 N–H and O–H groups in total. The van der Waals surface area contributed by atoms with E-state index in [0.29, 0.717) is 0 Å². The van der Waals surface area contributed by atoms with Crippen molar-refractivity contribution in [2.75, 3.05) is 0 Å². The van der Waals surface area contributed by atoms with Crippen molar-refractivity contribution in [3.63, 3.8) is 0 Å². The van der Waals surface area contributed by atoms with Gasteiger partial charge in [0.25, 0.3) is 0 Å². The third kappa shape index (κ3) is 3.60. The highest BCUT2D eigenvalue weighted by atomic mass is 79.9. The van der Waals surface area contributed by atoms with E-state index in [4.69, 9.17) is 4.74 Å². The Hall–Kier alpha value is -1.36. The summed E-state index contributed by atoms with van der Waals surface area (Å²) in [5.41, 5.74) is 1.50. The van der Waals surface area contributed by atoms with Gasteiger partial charge in [-0.3, -0.25) is 4.90 Å². The summed E-state index contributed by atoms with van der Waals surface area (Å²) in [4.78, 5) is 14.3. The lowest BCUT2D eigenvalue weighted by Gasteiger charge is -2.35. The van der Waals surface area contributed by atoms with Gasteiger partial charge in [0.1, 0.15) is 11.4 Å². The van der Waals surface area contributed by atoms with E-state index in [0.717, 1.165) is 34.9 Å². The fraction of sp³-hybridized carbons (Fsp3) is 0.500. The van der Waals surface area contributed by atoms with Gasteiger partial charge < -0.3 is 4.74 Å². The van der Waals surface area contributed by atoms with Crippen LogP contribution in [0.1, 0.15) is 45.6 Å². The number of hydrogen-bond acceptors (Lipinski definition) is 2. The van der Waals surface area contributed by atoms with Gasteiger partial charge in [-0.05, 0) is 69.4 Å². The van der Waals surface area contributed by atoms with Crippen molar-refractivity contribution >= 4 is 27.6 Å². The second kappa shape index (κ2) is 5.93. The van der Waals surface area contributed by atoms with Crippen molar-refractivity contribution in [2.45, 2.75) is 57.7 Å². The molecule has 2 bridgehead atoms. The van der Waals surface area contributed by atoms with Gasteiger partial charge in [0.15, 0.2) is 0 Å². The smallest absolute Gasteiger partial charge is 0.411 e. The van der Waals surface area contributed by atoms with Gasteiger partial charge in [0.05, 0.1) is 6.04 Å². The molecule has 2 heterocycles. The minimum Gasteiger partial charge on any atom is -0.444 e. The number of rotatable bonds is 1. The summed E-state index contributed by atoms with van der Waals surface area (Å²) in [6, 6.07) is 5.11. The highest BCUT2D eigenvalue weighted by Gasteiger charge is 2.41. The quantitative estimate of drug-likeness (QED) is 0.673. The molecule has 0 aromatic heterocycles. The second-order valence-electron chi connectivity index (χ2n) is 7.24. The fourth-order valence-electron chi connectivity index (χ4n) is 3.38. The van der Waals surface area contributed by atoms with E-state index >= 15 is 0 Å². The van der Waals surface area contributed by atoms with Crippen molar-refractivity contribution < 1.29 is 13.9 Å². The van der Waals surface area contributed by atoms with Gasteiger partial charge >= 0.3 is 6.09 Å². The first kappa shape index (κ1) is 16.5. The summed E-state index contributed by atoms with van der Waals surface area (Å²) >= 11 is 3.34. The third-order valence-electron chi connectivity index (χ3n) is 4.23. The van der Waals surface area contributed by atoms with Gasteiger partial charge in [-0.15, -0.1) is 0 Å². The minimum absolute atomic E-state index is 0.0423. The van der Waals surface area contributed by atoms with Crippen LogP contribution in [0.15, 0.2) is 28.7 Å². The van der Waals surface area contributed by atoms with Crippen LogP contribution in [0.5, 0.6) is 0 Å². The molecule has 2 aliphatic rings. The molecule has 5 heteroatoms. The summed E-state index contributed by atoms with van der Waals surface area (Å²) in [7, 11) is 0. The Morgan fingerprint density at radius 2 is 2.04 bits per heavy atom. The van der Waals surface area contributed by atoms with Crippen molar-refractivity contribution in [3.8, 4) is 0 Å². The molecule has 1 aromatic rings. The number of hydrogen-bond donors (Lipinski definition) is 0. The number of carbonyl (C=O) groups is 1. The molecular weight excluding hydrogens is 361 g/mol. The lowest BCUT2D eigenvalue weighted by Crippen LogP contribution is -2.45. The molecule has 2 atom stereocenters. The standard InChI is InChI=1S/C18H21BrFNO2/c1-18(2,3)23-17(22)21-15-4-5-16(21)9-12(8-15)11-6-13(19)10-14(20)7-11/h6-8,10,15-16H,4-5,9H2,1-3H3. The van der Waals surface area contributed by atoms with E-state index in [1.54, 1.807) is 6.07 Å². The Labute approximate surface area is 144 Å². The second-order valence-corrected chi connectivity index (χ2v) is 8.16. The molecule has 0 radical (unpaired) electrons. The molecule has 2 aliphatic heterocycles. The molecule has 1 saturated heterocycles. The highest BCUT2D eigenvalue weighted by molar-refractivity contribution is 9.10. The molecule has 1 aromatic carbocycles. The number of amides is 1. The molecule has 3 rings (SSSR count). The number of halogens is 2. The van der Waals surface area contributed by atoms with Gasteiger partial charge in [-0.1, -0.05) is 22.0 Å². The Balaban J connectivity index is 1.84. The maximum absolute atomic E-state index is 13.6. The largest absolute Gasteiger partial charge is 0.444 e. The monoisotopic (exact) mass is 381 g/mol. The normalized spacial score (nSPS) is 23.7. The van der Waals surface area contributed by atoms with Crippen LogP contribution < -0.4 is 0 Å². The SMILES string of the molecule is CC(C)(C)OC(=O)N1C2C=C(c3cc(F)cc(Br)c3)CC1CC2. The van der Waals surface area contributed by atoms with Crippen molar-refractivity contribution in [2.24, 2.45) is 0 Å².